The first kappa shape index (κ1) is 30.8. The third-order valence-corrected chi connectivity index (χ3v) is 3.93. The minimum absolute atomic E-state index is 0.113. The van der Waals surface area contributed by atoms with Crippen molar-refractivity contribution in [3.8, 4) is 0 Å². The van der Waals surface area contributed by atoms with Gasteiger partial charge in [-0.2, -0.15) is 26.3 Å². The monoisotopic (exact) mass is 461 g/mol. The lowest BCUT2D eigenvalue weighted by Crippen LogP contribution is -2.53. The van der Waals surface area contributed by atoms with E-state index in [0.29, 0.717) is 12.8 Å². The second-order valence-electron chi connectivity index (χ2n) is 7.55. The Morgan fingerprint density at radius 2 is 1.14 bits per heavy atom. The molecule has 0 saturated heterocycles. The molecule has 0 aromatic heterocycles. The molecule has 12 heteroatoms. The number of phosphoric acid groups is 1. The van der Waals surface area contributed by atoms with Gasteiger partial charge in [0.05, 0.1) is 12.8 Å². The van der Waals surface area contributed by atoms with E-state index in [4.69, 9.17) is 19.2 Å². The van der Waals surface area contributed by atoms with Gasteiger partial charge in [0.25, 0.3) is 0 Å². The van der Waals surface area contributed by atoms with Gasteiger partial charge in [-0.3, -0.25) is 0 Å². The zero-order chi connectivity index (χ0) is 23.4. The van der Waals surface area contributed by atoms with Crippen molar-refractivity contribution in [2.45, 2.75) is 109 Å². The number of hydrogen-bond donors (Lipinski definition) is 4. The van der Waals surface area contributed by atoms with Crippen LogP contribution in [0, 0.1) is 0 Å². The Balaban J connectivity index is 0. The number of halogens is 6. The smallest absolute Gasteiger partial charge is 0.308 e. The highest BCUT2D eigenvalue weighted by Crippen LogP contribution is 2.39. The summed E-state index contributed by atoms with van der Waals surface area (Å²) in [6.07, 6.45) is -6.12. The van der Waals surface area contributed by atoms with Crippen LogP contribution in [0.15, 0.2) is 0 Å². The Hall–Kier alpha value is -0.350. The van der Waals surface area contributed by atoms with Crippen molar-refractivity contribution in [1.82, 2.24) is 5.32 Å². The number of hydrogen-bond acceptors (Lipinski definition) is 2. The van der Waals surface area contributed by atoms with Crippen molar-refractivity contribution in [2.24, 2.45) is 0 Å². The summed E-state index contributed by atoms with van der Waals surface area (Å²) in [7, 11) is -4.64. The van der Waals surface area contributed by atoms with E-state index in [1.54, 1.807) is 13.8 Å². The first-order chi connectivity index (χ1) is 12.9. The van der Waals surface area contributed by atoms with Crippen LogP contribution in [0.2, 0.25) is 0 Å². The zero-order valence-corrected chi connectivity index (χ0v) is 18.0. The summed E-state index contributed by atoms with van der Waals surface area (Å²) < 4.78 is 86.2. The van der Waals surface area contributed by atoms with Crippen LogP contribution in [0.1, 0.15) is 85.0 Å². The van der Waals surface area contributed by atoms with Gasteiger partial charge in [-0.15, -0.1) is 0 Å². The summed E-state index contributed by atoms with van der Waals surface area (Å²) in [6, 6.07) is -0.445. The van der Waals surface area contributed by atoms with Crippen LogP contribution < -0.4 is 5.32 Å². The molecule has 0 aromatic carbocycles. The van der Waals surface area contributed by atoms with Crippen molar-refractivity contribution in [3.05, 3.63) is 0 Å². The standard InChI is InChI=1S/C17H31F6N.H3O4P/c1-4-5-6-7-8-9-10-11-15(24-14(2)3,12-16(18,19)20)13-17(21,22)23;1-5(2,3)4/h14,24H,4-13H2,1-3H3;(H3,1,2,3,4). The highest BCUT2D eigenvalue weighted by molar-refractivity contribution is 7.45. The molecule has 0 aliphatic carbocycles. The molecule has 0 bridgehead atoms. The van der Waals surface area contributed by atoms with E-state index in [1.807, 2.05) is 0 Å². The van der Waals surface area contributed by atoms with Gasteiger partial charge in [-0.05, 0) is 6.42 Å². The molecule has 0 spiro atoms. The van der Waals surface area contributed by atoms with Crippen molar-refractivity contribution in [2.75, 3.05) is 0 Å². The summed E-state index contributed by atoms with van der Waals surface area (Å²) in [4.78, 5) is 21.6. The Labute approximate surface area is 168 Å². The number of unbranched alkanes of at least 4 members (excludes halogenated alkanes) is 6. The van der Waals surface area contributed by atoms with Gasteiger partial charge >= 0.3 is 20.2 Å². The predicted molar refractivity (Wildman–Crippen MR) is 99.2 cm³/mol. The molecular formula is C17H34F6NO4P. The molecule has 0 aliphatic heterocycles. The molecule has 0 heterocycles. The van der Waals surface area contributed by atoms with E-state index >= 15 is 0 Å². The van der Waals surface area contributed by atoms with E-state index in [0.717, 1.165) is 32.1 Å². The Kier molecular flexibility index (Phi) is 14.7. The lowest BCUT2D eigenvalue weighted by Gasteiger charge is -2.38. The molecule has 4 N–H and O–H groups in total. The van der Waals surface area contributed by atoms with Gasteiger partial charge < -0.3 is 20.0 Å². The Bertz CT molecular complexity index is 442. The highest BCUT2D eigenvalue weighted by atomic mass is 31.2. The van der Waals surface area contributed by atoms with E-state index < -0.39 is 44.6 Å². The van der Waals surface area contributed by atoms with Gasteiger partial charge in [-0.25, -0.2) is 4.57 Å². The Morgan fingerprint density at radius 1 is 0.793 bits per heavy atom. The minimum atomic E-state index is -4.64. The Morgan fingerprint density at radius 3 is 1.45 bits per heavy atom. The van der Waals surface area contributed by atoms with Crippen LogP contribution in [-0.2, 0) is 4.57 Å². The second-order valence-corrected chi connectivity index (χ2v) is 8.57. The van der Waals surface area contributed by atoms with Crippen LogP contribution in [0.5, 0.6) is 0 Å². The van der Waals surface area contributed by atoms with E-state index in [9.17, 15) is 26.3 Å². The molecule has 0 radical (unpaired) electrons. The molecule has 0 aliphatic rings. The number of rotatable bonds is 12. The molecule has 0 unspecified atom stereocenters. The molecule has 0 rings (SSSR count). The average molecular weight is 461 g/mol. The first-order valence-electron chi connectivity index (χ1n) is 9.58. The van der Waals surface area contributed by atoms with Gasteiger partial charge in [0, 0.05) is 11.6 Å². The highest BCUT2D eigenvalue weighted by Gasteiger charge is 2.48. The number of alkyl halides is 6. The minimum Gasteiger partial charge on any atom is -0.308 e. The SMILES string of the molecule is CCCCCCCCCC(CC(F)(F)F)(CC(F)(F)F)NC(C)C.O=P(O)(O)O. The van der Waals surface area contributed by atoms with Crippen molar-refractivity contribution in [3.63, 3.8) is 0 Å². The summed E-state index contributed by atoms with van der Waals surface area (Å²) in [5.41, 5.74) is -1.96. The maximum atomic E-state index is 12.9. The summed E-state index contributed by atoms with van der Waals surface area (Å²) in [5.74, 6) is 0. The maximum absolute atomic E-state index is 12.9. The summed E-state index contributed by atoms with van der Waals surface area (Å²) in [5, 5.41) is 2.58. The molecule has 0 fully saturated rings. The quantitative estimate of drug-likeness (QED) is 0.167. The lowest BCUT2D eigenvalue weighted by atomic mass is 9.84. The van der Waals surface area contributed by atoms with Crippen LogP contribution in [0.4, 0.5) is 26.3 Å². The molecule has 0 aromatic rings. The maximum Gasteiger partial charge on any atom is 0.466 e. The van der Waals surface area contributed by atoms with E-state index in [1.165, 1.54) is 0 Å². The average Bonchev–Trinajstić information content (AvgIpc) is 2.39. The fourth-order valence-corrected chi connectivity index (χ4v) is 3.21. The molecular weight excluding hydrogens is 427 g/mol. The third-order valence-electron chi connectivity index (χ3n) is 3.93. The van der Waals surface area contributed by atoms with E-state index in [2.05, 4.69) is 12.2 Å². The third kappa shape index (κ3) is 25.6. The lowest BCUT2D eigenvalue weighted by molar-refractivity contribution is -0.184. The predicted octanol–water partition coefficient (Wildman–Crippen LogP) is 5.84. The van der Waals surface area contributed by atoms with Crippen molar-refractivity contribution in [1.29, 1.82) is 0 Å². The van der Waals surface area contributed by atoms with Gasteiger partial charge in [-0.1, -0.05) is 65.7 Å². The fourth-order valence-electron chi connectivity index (χ4n) is 3.21. The second kappa shape index (κ2) is 13.9. The summed E-state index contributed by atoms with van der Waals surface area (Å²) in [6.45, 7) is 5.23. The molecule has 178 valence electrons. The zero-order valence-electron chi connectivity index (χ0n) is 17.1. The molecule has 0 amide bonds. The van der Waals surface area contributed by atoms with Crippen LogP contribution in [0.25, 0.3) is 0 Å². The molecule has 29 heavy (non-hydrogen) atoms. The van der Waals surface area contributed by atoms with Crippen LogP contribution in [-0.4, -0.2) is 38.6 Å². The normalized spacial score (nSPS) is 13.4. The van der Waals surface area contributed by atoms with Gasteiger partial charge in [0.1, 0.15) is 0 Å². The largest absolute Gasteiger partial charge is 0.466 e. The fraction of sp³-hybridized carbons (Fsp3) is 1.00. The molecule has 5 nitrogen and oxygen atoms in total. The van der Waals surface area contributed by atoms with Gasteiger partial charge in [0.2, 0.25) is 0 Å². The molecule has 0 atom stereocenters. The van der Waals surface area contributed by atoms with Crippen LogP contribution >= 0.6 is 7.82 Å². The van der Waals surface area contributed by atoms with Crippen molar-refractivity contribution < 1.29 is 45.6 Å². The molecule has 0 saturated carbocycles. The van der Waals surface area contributed by atoms with Crippen LogP contribution in [0.3, 0.4) is 0 Å². The first-order valence-corrected chi connectivity index (χ1v) is 11.1. The topological polar surface area (TPSA) is 89.8 Å². The van der Waals surface area contributed by atoms with E-state index in [-0.39, 0.29) is 6.42 Å². The summed E-state index contributed by atoms with van der Waals surface area (Å²) >= 11 is 0. The van der Waals surface area contributed by atoms with Gasteiger partial charge in [0.15, 0.2) is 0 Å². The van der Waals surface area contributed by atoms with Crippen molar-refractivity contribution >= 4 is 7.82 Å². The number of nitrogens with one attached hydrogen (secondary N) is 1.